The van der Waals surface area contributed by atoms with Gasteiger partial charge in [0.2, 0.25) is 0 Å². The SMILES string of the molecule is C=C(C=C(O)c1ncsc1C)CC. The molecule has 0 radical (unpaired) electrons. The van der Waals surface area contributed by atoms with Crippen molar-refractivity contribution >= 4 is 17.1 Å². The van der Waals surface area contributed by atoms with Gasteiger partial charge >= 0.3 is 0 Å². The van der Waals surface area contributed by atoms with Crippen LogP contribution in [0.4, 0.5) is 0 Å². The lowest BCUT2D eigenvalue weighted by Gasteiger charge is -1.98. The van der Waals surface area contributed by atoms with Gasteiger partial charge in [0.1, 0.15) is 11.5 Å². The van der Waals surface area contributed by atoms with Crippen LogP contribution in [-0.4, -0.2) is 10.1 Å². The van der Waals surface area contributed by atoms with Gasteiger partial charge in [-0.3, -0.25) is 0 Å². The van der Waals surface area contributed by atoms with Gasteiger partial charge in [-0.05, 0) is 19.4 Å². The van der Waals surface area contributed by atoms with E-state index in [1.54, 1.807) is 11.6 Å². The number of allylic oxidation sites excluding steroid dienone is 2. The average Bonchev–Trinajstić information content (AvgIpc) is 2.51. The number of aromatic nitrogens is 1. The van der Waals surface area contributed by atoms with Crippen LogP contribution in [-0.2, 0) is 0 Å². The highest BCUT2D eigenvalue weighted by atomic mass is 32.1. The Hall–Kier alpha value is -1.09. The maximum absolute atomic E-state index is 9.64. The number of aliphatic hydroxyl groups is 1. The van der Waals surface area contributed by atoms with Gasteiger partial charge in [0.15, 0.2) is 0 Å². The van der Waals surface area contributed by atoms with Crippen LogP contribution in [0.25, 0.3) is 5.76 Å². The number of nitrogens with zero attached hydrogens (tertiary/aromatic N) is 1. The fourth-order valence-corrected chi connectivity index (χ4v) is 1.50. The second-order valence-electron chi connectivity index (χ2n) is 2.80. The van der Waals surface area contributed by atoms with Crippen molar-refractivity contribution in [1.82, 2.24) is 4.98 Å². The third-order valence-corrected chi connectivity index (χ3v) is 2.54. The second-order valence-corrected chi connectivity index (χ2v) is 3.86. The summed E-state index contributed by atoms with van der Waals surface area (Å²) in [5.41, 5.74) is 3.30. The molecule has 0 bridgehead atoms. The van der Waals surface area contributed by atoms with Gasteiger partial charge in [-0.2, -0.15) is 0 Å². The summed E-state index contributed by atoms with van der Waals surface area (Å²) in [6, 6.07) is 0. The Kier molecular flexibility index (Phi) is 3.25. The largest absolute Gasteiger partial charge is 0.506 e. The molecule has 1 rings (SSSR count). The van der Waals surface area contributed by atoms with E-state index in [-0.39, 0.29) is 5.76 Å². The fraction of sp³-hybridized carbons (Fsp3) is 0.300. The number of thiazole rings is 1. The first-order valence-corrected chi connectivity index (χ1v) is 5.02. The highest BCUT2D eigenvalue weighted by Crippen LogP contribution is 2.19. The lowest BCUT2D eigenvalue weighted by molar-refractivity contribution is 0.508. The summed E-state index contributed by atoms with van der Waals surface area (Å²) in [4.78, 5) is 5.09. The molecule has 0 saturated heterocycles. The molecule has 70 valence electrons. The number of aryl methyl sites for hydroxylation is 1. The Labute approximate surface area is 82.3 Å². The zero-order valence-corrected chi connectivity index (χ0v) is 8.69. The molecular weight excluding hydrogens is 182 g/mol. The molecule has 0 spiro atoms. The van der Waals surface area contributed by atoms with E-state index in [0.717, 1.165) is 16.9 Å². The molecule has 13 heavy (non-hydrogen) atoms. The maximum Gasteiger partial charge on any atom is 0.142 e. The van der Waals surface area contributed by atoms with Gasteiger partial charge in [0, 0.05) is 4.88 Å². The standard InChI is InChI=1S/C10H13NOS/c1-4-7(2)5-9(12)10-8(3)13-6-11-10/h5-6,12H,2,4H2,1,3H3. The second kappa shape index (κ2) is 4.23. The van der Waals surface area contributed by atoms with Crippen LogP contribution in [0.3, 0.4) is 0 Å². The van der Waals surface area contributed by atoms with Crippen molar-refractivity contribution in [3.05, 3.63) is 34.3 Å². The number of hydrogen-bond donors (Lipinski definition) is 1. The summed E-state index contributed by atoms with van der Waals surface area (Å²) in [5, 5.41) is 9.64. The summed E-state index contributed by atoms with van der Waals surface area (Å²) in [5.74, 6) is 0.214. The van der Waals surface area contributed by atoms with E-state index in [4.69, 9.17) is 0 Å². The van der Waals surface area contributed by atoms with E-state index >= 15 is 0 Å². The molecule has 3 heteroatoms. The zero-order valence-electron chi connectivity index (χ0n) is 7.87. The van der Waals surface area contributed by atoms with Crippen LogP contribution in [0.2, 0.25) is 0 Å². The van der Waals surface area contributed by atoms with Gasteiger partial charge in [0.25, 0.3) is 0 Å². The van der Waals surface area contributed by atoms with Crippen molar-refractivity contribution in [2.24, 2.45) is 0 Å². The third-order valence-electron chi connectivity index (χ3n) is 1.78. The van der Waals surface area contributed by atoms with Crippen LogP contribution in [0, 0.1) is 6.92 Å². The molecule has 0 fully saturated rings. The molecule has 1 aromatic rings. The molecule has 1 aromatic heterocycles. The molecule has 0 amide bonds. The molecule has 0 aliphatic heterocycles. The quantitative estimate of drug-likeness (QED) is 0.593. The van der Waals surface area contributed by atoms with Gasteiger partial charge in [-0.25, -0.2) is 4.98 Å². The van der Waals surface area contributed by atoms with Crippen molar-refractivity contribution in [3.8, 4) is 0 Å². The van der Waals surface area contributed by atoms with Crippen molar-refractivity contribution in [2.75, 3.05) is 0 Å². The van der Waals surface area contributed by atoms with Gasteiger partial charge < -0.3 is 5.11 Å². The molecule has 1 N–H and O–H groups in total. The monoisotopic (exact) mass is 195 g/mol. The Balaban J connectivity index is 2.91. The molecule has 0 aromatic carbocycles. The van der Waals surface area contributed by atoms with E-state index in [1.807, 2.05) is 13.8 Å². The molecule has 2 nitrogen and oxygen atoms in total. The number of rotatable bonds is 3. The summed E-state index contributed by atoms with van der Waals surface area (Å²) in [6.07, 6.45) is 2.51. The Morgan fingerprint density at radius 3 is 2.92 bits per heavy atom. The molecule has 0 aliphatic rings. The molecular formula is C10H13NOS. The fourth-order valence-electron chi connectivity index (χ4n) is 0.915. The maximum atomic E-state index is 9.64. The van der Waals surface area contributed by atoms with E-state index in [2.05, 4.69) is 11.6 Å². The van der Waals surface area contributed by atoms with Crippen LogP contribution in [0.1, 0.15) is 23.9 Å². The topological polar surface area (TPSA) is 33.1 Å². The van der Waals surface area contributed by atoms with E-state index < -0.39 is 0 Å². The molecule has 0 aliphatic carbocycles. The molecule has 1 heterocycles. The summed E-state index contributed by atoms with van der Waals surface area (Å²) in [7, 11) is 0. The Bertz CT molecular complexity index is 338. The zero-order chi connectivity index (χ0) is 9.84. The minimum Gasteiger partial charge on any atom is -0.506 e. The predicted octanol–water partition coefficient (Wildman–Crippen LogP) is 3.32. The van der Waals surface area contributed by atoms with Gasteiger partial charge in [-0.15, -0.1) is 11.3 Å². The summed E-state index contributed by atoms with van der Waals surface area (Å²) < 4.78 is 0. The van der Waals surface area contributed by atoms with Crippen LogP contribution < -0.4 is 0 Å². The molecule has 0 unspecified atom stereocenters. The average molecular weight is 195 g/mol. The first-order chi connectivity index (χ1) is 6.15. The predicted molar refractivity (Wildman–Crippen MR) is 56.9 cm³/mol. The summed E-state index contributed by atoms with van der Waals surface area (Å²) >= 11 is 1.53. The van der Waals surface area contributed by atoms with Gasteiger partial charge in [-0.1, -0.05) is 19.1 Å². The van der Waals surface area contributed by atoms with Gasteiger partial charge in [0.05, 0.1) is 5.51 Å². The number of hydrogen-bond acceptors (Lipinski definition) is 3. The van der Waals surface area contributed by atoms with Crippen molar-refractivity contribution in [2.45, 2.75) is 20.3 Å². The minimum absolute atomic E-state index is 0.214. The smallest absolute Gasteiger partial charge is 0.142 e. The Morgan fingerprint density at radius 1 is 1.77 bits per heavy atom. The van der Waals surface area contributed by atoms with Crippen LogP contribution in [0.15, 0.2) is 23.7 Å². The first-order valence-electron chi connectivity index (χ1n) is 4.14. The lowest BCUT2D eigenvalue weighted by atomic mass is 10.2. The highest BCUT2D eigenvalue weighted by molar-refractivity contribution is 7.09. The van der Waals surface area contributed by atoms with Crippen LogP contribution >= 0.6 is 11.3 Å². The normalized spacial score (nSPS) is 11.7. The highest BCUT2D eigenvalue weighted by Gasteiger charge is 2.05. The van der Waals surface area contributed by atoms with E-state index in [9.17, 15) is 5.11 Å². The molecule has 0 saturated carbocycles. The number of aliphatic hydroxyl groups excluding tert-OH is 1. The lowest BCUT2D eigenvalue weighted by Crippen LogP contribution is -1.86. The molecule has 0 atom stereocenters. The van der Waals surface area contributed by atoms with Crippen molar-refractivity contribution < 1.29 is 5.11 Å². The minimum atomic E-state index is 0.214. The Morgan fingerprint density at radius 2 is 2.46 bits per heavy atom. The third kappa shape index (κ3) is 2.42. The van der Waals surface area contributed by atoms with E-state index in [1.165, 1.54) is 11.3 Å². The first kappa shape index (κ1) is 9.99. The van der Waals surface area contributed by atoms with Crippen molar-refractivity contribution in [1.29, 1.82) is 0 Å². The van der Waals surface area contributed by atoms with Crippen LogP contribution in [0.5, 0.6) is 0 Å². The summed E-state index contributed by atoms with van der Waals surface area (Å²) in [6.45, 7) is 7.73. The van der Waals surface area contributed by atoms with Crippen molar-refractivity contribution in [3.63, 3.8) is 0 Å². The van der Waals surface area contributed by atoms with E-state index in [0.29, 0.717) is 5.69 Å².